The van der Waals surface area contributed by atoms with Gasteiger partial charge in [0.05, 0.1) is 12.5 Å². The Balaban J connectivity index is 1.59. The summed E-state index contributed by atoms with van der Waals surface area (Å²) in [6.07, 6.45) is 1.55. The van der Waals surface area contributed by atoms with Crippen LogP contribution >= 0.6 is 0 Å². The van der Waals surface area contributed by atoms with Gasteiger partial charge in [0.15, 0.2) is 0 Å². The Morgan fingerprint density at radius 2 is 1.93 bits per heavy atom. The van der Waals surface area contributed by atoms with Crippen molar-refractivity contribution >= 4 is 17.6 Å². The lowest BCUT2D eigenvalue weighted by atomic mass is 9.81. The van der Waals surface area contributed by atoms with Crippen molar-refractivity contribution in [1.29, 1.82) is 0 Å². The molecule has 1 fully saturated rings. The fourth-order valence-corrected chi connectivity index (χ4v) is 3.62. The smallest absolute Gasteiger partial charge is 0.321 e. The zero-order chi connectivity index (χ0) is 20.9. The number of nitrogens with one attached hydrogen (secondary N) is 2. The average Bonchev–Trinajstić information content (AvgIpc) is 2.73. The number of methoxy groups -OCH3 is 1. The summed E-state index contributed by atoms with van der Waals surface area (Å²) in [5.41, 5.74) is 2.27. The average molecular weight is 396 g/mol. The second kappa shape index (κ2) is 8.99. The van der Waals surface area contributed by atoms with Crippen LogP contribution in [0.2, 0.25) is 0 Å². The summed E-state index contributed by atoms with van der Waals surface area (Å²) in [6, 6.07) is 15.2. The maximum absolute atomic E-state index is 12.9. The highest BCUT2D eigenvalue weighted by Crippen LogP contribution is 2.30. The summed E-state index contributed by atoms with van der Waals surface area (Å²) >= 11 is 0. The zero-order valence-electron chi connectivity index (χ0n) is 17.3. The predicted molar refractivity (Wildman–Crippen MR) is 114 cm³/mol. The number of carbonyl (C=O) groups excluding carboxylic acids is 2. The second-order valence-electron chi connectivity index (χ2n) is 7.92. The molecule has 0 radical (unpaired) electrons. The lowest BCUT2D eigenvalue weighted by Gasteiger charge is -2.39. The largest absolute Gasteiger partial charge is 0.497 e. The third-order valence-electron chi connectivity index (χ3n) is 5.42. The van der Waals surface area contributed by atoms with E-state index < -0.39 is 5.41 Å². The molecule has 0 unspecified atom stereocenters. The molecule has 6 heteroatoms. The summed E-state index contributed by atoms with van der Waals surface area (Å²) in [5.74, 6) is 0.729. The van der Waals surface area contributed by atoms with E-state index in [1.807, 2.05) is 62.4 Å². The Labute approximate surface area is 172 Å². The van der Waals surface area contributed by atoms with Gasteiger partial charge in [-0.3, -0.25) is 4.79 Å². The maximum atomic E-state index is 12.9. The lowest BCUT2D eigenvalue weighted by molar-refractivity contribution is -0.132. The van der Waals surface area contributed by atoms with Crippen LogP contribution in [-0.2, 0) is 11.3 Å². The maximum Gasteiger partial charge on any atom is 0.321 e. The van der Waals surface area contributed by atoms with Crippen LogP contribution in [0.3, 0.4) is 0 Å². The van der Waals surface area contributed by atoms with Crippen molar-refractivity contribution < 1.29 is 14.3 Å². The minimum Gasteiger partial charge on any atom is -0.497 e. The minimum atomic E-state index is -0.609. The number of aryl methyl sites for hydroxylation is 1. The Kier molecular flexibility index (Phi) is 6.42. The Hall–Kier alpha value is -3.02. The molecule has 29 heavy (non-hydrogen) atoms. The number of nitrogens with zero attached hydrogens (tertiary/aromatic N) is 1. The van der Waals surface area contributed by atoms with Crippen LogP contribution in [0, 0.1) is 12.3 Å². The zero-order valence-corrected chi connectivity index (χ0v) is 17.3. The summed E-state index contributed by atoms with van der Waals surface area (Å²) in [7, 11) is 1.62. The van der Waals surface area contributed by atoms with Gasteiger partial charge in [0.2, 0.25) is 5.91 Å². The summed E-state index contributed by atoms with van der Waals surface area (Å²) in [6.45, 7) is 5.41. The van der Waals surface area contributed by atoms with E-state index in [4.69, 9.17) is 4.74 Å². The molecule has 0 bridgehead atoms. The Bertz CT molecular complexity index is 866. The predicted octanol–water partition coefficient (Wildman–Crippen LogP) is 3.95. The van der Waals surface area contributed by atoms with Gasteiger partial charge >= 0.3 is 6.03 Å². The molecular formula is C23H29N3O3. The van der Waals surface area contributed by atoms with Crippen molar-refractivity contribution in [2.24, 2.45) is 5.41 Å². The van der Waals surface area contributed by atoms with Gasteiger partial charge in [0.1, 0.15) is 5.75 Å². The van der Waals surface area contributed by atoms with Crippen molar-refractivity contribution in [2.45, 2.75) is 33.2 Å². The second-order valence-corrected chi connectivity index (χ2v) is 7.92. The first-order valence-electron chi connectivity index (χ1n) is 9.93. The van der Waals surface area contributed by atoms with Crippen molar-refractivity contribution in [3.05, 3.63) is 59.7 Å². The van der Waals surface area contributed by atoms with Crippen LogP contribution in [0.15, 0.2) is 48.5 Å². The van der Waals surface area contributed by atoms with E-state index in [0.29, 0.717) is 19.6 Å². The van der Waals surface area contributed by atoms with Crippen molar-refractivity contribution in [3.63, 3.8) is 0 Å². The lowest BCUT2D eigenvalue weighted by Crippen LogP contribution is -2.52. The summed E-state index contributed by atoms with van der Waals surface area (Å²) in [4.78, 5) is 27.3. The first-order chi connectivity index (χ1) is 13.9. The van der Waals surface area contributed by atoms with Gasteiger partial charge in [-0.2, -0.15) is 0 Å². The molecule has 0 saturated carbocycles. The summed E-state index contributed by atoms with van der Waals surface area (Å²) < 4.78 is 5.23. The summed E-state index contributed by atoms with van der Waals surface area (Å²) in [5, 5.41) is 5.95. The first-order valence-corrected chi connectivity index (χ1v) is 9.93. The van der Waals surface area contributed by atoms with Crippen LogP contribution in [0.1, 0.15) is 30.9 Å². The molecule has 0 spiro atoms. The number of likely N-dealkylation sites (tertiary alicyclic amines) is 1. The number of carbonyl (C=O) groups is 2. The molecule has 1 heterocycles. The fourth-order valence-electron chi connectivity index (χ4n) is 3.62. The third-order valence-corrected chi connectivity index (χ3v) is 5.42. The normalized spacial score (nSPS) is 18.8. The molecular weight excluding hydrogens is 366 g/mol. The molecule has 6 nitrogen and oxygen atoms in total. The van der Waals surface area contributed by atoms with E-state index in [2.05, 4.69) is 10.6 Å². The number of hydrogen-bond donors (Lipinski definition) is 2. The first kappa shape index (κ1) is 20.7. The minimum absolute atomic E-state index is 0.0341. The highest BCUT2D eigenvalue weighted by molar-refractivity contribution is 5.90. The van der Waals surface area contributed by atoms with Gasteiger partial charge in [0.25, 0.3) is 0 Å². The molecule has 2 N–H and O–H groups in total. The standard InChI is InChI=1S/C23H29N3O3/c1-17-8-10-19(11-9-17)25-22(28)26-13-5-12-23(2,16-26)21(27)24-15-18-6-4-7-20(14-18)29-3/h4,6-11,14H,5,12-13,15-16H2,1-3H3,(H,24,27)(H,25,28)/t23-/m0/s1. The van der Waals surface area contributed by atoms with Crippen LogP contribution < -0.4 is 15.4 Å². The van der Waals surface area contributed by atoms with E-state index in [1.165, 1.54) is 0 Å². The topological polar surface area (TPSA) is 70.7 Å². The van der Waals surface area contributed by atoms with Crippen LogP contribution in [0.4, 0.5) is 10.5 Å². The van der Waals surface area contributed by atoms with Crippen LogP contribution in [0.5, 0.6) is 5.75 Å². The van der Waals surface area contributed by atoms with Crippen molar-refractivity contribution in [1.82, 2.24) is 10.2 Å². The van der Waals surface area contributed by atoms with Gasteiger partial charge < -0.3 is 20.3 Å². The third kappa shape index (κ3) is 5.28. The molecule has 3 rings (SSSR count). The number of hydrogen-bond acceptors (Lipinski definition) is 3. The van der Waals surface area contributed by atoms with E-state index in [-0.39, 0.29) is 11.9 Å². The van der Waals surface area contributed by atoms with Gasteiger partial charge in [0, 0.05) is 25.3 Å². The van der Waals surface area contributed by atoms with Gasteiger partial charge in [-0.1, -0.05) is 29.8 Å². The number of urea groups is 1. The van der Waals surface area contributed by atoms with Crippen LogP contribution in [-0.4, -0.2) is 37.0 Å². The molecule has 1 saturated heterocycles. The van der Waals surface area contributed by atoms with Gasteiger partial charge in [-0.05, 0) is 56.5 Å². The molecule has 1 atom stereocenters. The highest BCUT2D eigenvalue weighted by atomic mass is 16.5. The molecule has 1 aliphatic rings. The number of anilines is 1. The van der Waals surface area contributed by atoms with Crippen molar-refractivity contribution in [3.8, 4) is 5.75 Å². The SMILES string of the molecule is COc1cccc(CNC(=O)[C@@]2(C)CCCN(C(=O)Nc3ccc(C)cc3)C2)c1. The fraction of sp³-hybridized carbons (Fsp3) is 0.391. The molecule has 2 aromatic rings. The molecule has 3 amide bonds. The van der Waals surface area contributed by atoms with E-state index in [0.717, 1.165) is 35.4 Å². The van der Waals surface area contributed by atoms with Crippen molar-refractivity contribution in [2.75, 3.05) is 25.5 Å². The number of amides is 3. The quantitative estimate of drug-likeness (QED) is 0.805. The number of rotatable bonds is 5. The van der Waals surface area contributed by atoms with Gasteiger partial charge in [-0.25, -0.2) is 4.79 Å². The number of benzene rings is 2. The van der Waals surface area contributed by atoms with E-state index in [9.17, 15) is 9.59 Å². The molecule has 154 valence electrons. The highest BCUT2D eigenvalue weighted by Gasteiger charge is 2.39. The molecule has 2 aromatic carbocycles. The number of piperidine rings is 1. The molecule has 0 aliphatic carbocycles. The molecule has 0 aromatic heterocycles. The van der Waals surface area contributed by atoms with Gasteiger partial charge in [-0.15, -0.1) is 0 Å². The number of ether oxygens (including phenoxy) is 1. The Morgan fingerprint density at radius 3 is 2.66 bits per heavy atom. The Morgan fingerprint density at radius 1 is 1.17 bits per heavy atom. The van der Waals surface area contributed by atoms with E-state index >= 15 is 0 Å². The van der Waals surface area contributed by atoms with Crippen LogP contribution in [0.25, 0.3) is 0 Å². The monoisotopic (exact) mass is 395 g/mol. The van der Waals surface area contributed by atoms with E-state index in [1.54, 1.807) is 12.0 Å². The molecule has 1 aliphatic heterocycles.